The molecule has 0 unspecified atom stereocenters. The summed E-state index contributed by atoms with van der Waals surface area (Å²) in [6.45, 7) is 2.51. The lowest BCUT2D eigenvalue weighted by Crippen LogP contribution is -2.22. The lowest BCUT2D eigenvalue weighted by Gasteiger charge is -1.99. The molecule has 0 saturated heterocycles. The van der Waals surface area contributed by atoms with Crippen molar-refractivity contribution in [2.24, 2.45) is 0 Å². The van der Waals surface area contributed by atoms with Crippen LogP contribution in [-0.4, -0.2) is 12.5 Å². The number of thiophene rings is 1. The average molecular weight is 220 g/mol. The molecule has 15 heavy (non-hydrogen) atoms. The molecule has 0 atom stereocenters. The summed E-state index contributed by atoms with van der Waals surface area (Å²) in [5, 5.41) is 3.72. The first kappa shape index (κ1) is 9.98. The van der Waals surface area contributed by atoms with Crippen molar-refractivity contribution in [3.8, 4) is 0 Å². The number of fused-ring (bicyclic) bond motifs is 1. The minimum absolute atomic E-state index is 0.0869. The quantitative estimate of drug-likeness (QED) is 0.815. The average Bonchev–Trinajstić information content (AvgIpc) is 2.57. The Labute approximate surface area is 91.9 Å². The minimum atomic E-state index is -0.0869. The first-order valence-corrected chi connectivity index (χ1v) is 5.61. The molecule has 78 valence electrons. The van der Waals surface area contributed by atoms with Gasteiger partial charge in [0.25, 0.3) is 5.91 Å². The predicted octanol–water partition coefficient (Wildman–Crippen LogP) is 2.23. The number of anilines is 1. The lowest BCUT2D eigenvalue weighted by atomic mass is 10.2. The van der Waals surface area contributed by atoms with Crippen LogP contribution in [0.2, 0.25) is 0 Å². The second-order valence-corrected chi connectivity index (χ2v) is 4.25. The number of hydrogen-bond acceptors (Lipinski definition) is 3. The maximum atomic E-state index is 11.7. The van der Waals surface area contributed by atoms with Gasteiger partial charge in [-0.05, 0) is 13.0 Å². The Hall–Kier alpha value is -1.55. The molecule has 2 aromatic rings. The zero-order chi connectivity index (χ0) is 10.8. The van der Waals surface area contributed by atoms with E-state index < -0.39 is 0 Å². The van der Waals surface area contributed by atoms with Gasteiger partial charge in [0.1, 0.15) is 4.88 Å². The number of nitrogen functional groups attached to an aromatic ring is 1. The van der Waals surface area contributed by atoms with Crippen molar-refractivity contribution in [2.45, 2.75) is 6.92 Å². The fraction of sp³-hybridized carbons (Fsp3) is 0.182. The summed E-state index contributed by atoms with van der Waals surface area (Å²) in [6.07, 6.45) is 0. The molecule has 1 aromatic heterocycles. The molecule has 0 aliphatic heterocycles. The number of carbonyl (C=O) groups is 1. The Morgan fingerprint density at radius 2 is 2.20 bits per heavy atom. The summed E-state index contributed by atoms with van der Waals surface area (Å²) in [5.74, 6) is -0.0869. The van der Waals surface area contributed by atoms with Gasteiger partial charge in [-0.15, -0.1) is 11.3 Å². The van der Waals surface area contributed by atoms with Crippen molar-refractivity contribution >= 4 is 33.0 Å². The summed E-state index contributed by atoms with van der Waals surface area (Å²) in [7, 11) is 0. The molecular formula is C11H12N2OS. The molecule has 0 bridgehead atoms. The summed E-state index contributed by atoms with van der Waals surface area (Å²) in [6, 6.07) is 7.77. The Balaban J connectivity index is 2.53. The largest absolute Gasteiger partial charge is 0.397 e. The Morgan fingerprint density at radius 1 is 1.47 bits per heavy atom. The van der Waals surface area contributed by atoms with Crippen LogP contribution in [-0.2, 0) is 0 Å². The number of amides is 1. The maximum Gasteiger partial charge on any atom is 0.263 e. The van der Waals surface area contributed by atoms with Gasteiger partial charge < -0.3 is 11.1 Å². The van der Waals surface area contributed by atoms with E-state index in [0.717, 1.165) is 10.1 Å². The molecule has 4 heteroatoms. The van der Waals surface area contributed by atoms with E-state index in [1.807, 2.05) is 31.2 Å². The monoisotopic (exact) mass is 220 g/mol. The fourth-order valence-corrected chi connectivity index (χ4v) is 2.51. The smallest absolute Gasteiger partial charge is 0.263 e. The van der Waals surface area contributed by atoms with Crippen LogP contribution in [0.25, 0.3) is 10.1 Å². The third-order valence-corrected chi connectivity index (χ3v) is 3.36. The highest BCUT2D eigenvalue weighted by molar-refractivity contribution is 7.21. The van der Waals surface area contributed by atoms with Gasteiger partial charge >= 0.3 is 0 Å². The van der Waals surface area contributed by atoms with Gasteiger partial charge in [0, 0.05) is 16.6 Å². The van der Waals surface area contributed by atoms with Crippen molar-refractivity contribution < 1.29 is 4.79 Å². The SMILES string of the molecule is CCNC(=O)c1sc2ccccc2c1N. The van der Waals surface area contributed by atoms with Crippen LogP contribution < -0.4 is 11.1 Å². The zero-order valence-corrected chi connectivity index (χ0v) is 9.23. The minimum Gasteiger partial charge on any atom is -0.397 e. The molecule has 3 nitrogen and oxygen atoms in total. The summed E-state index contributed by atoms with van der Waals surface area (Å²) in [4.78, 5) is 12.3. The van der Waals surface area contributed by atoms with Crippen LogP contribution >= 0.6 is 11.3 Å². The van der Waals surface area contributed by atoms with E-state index in [-0.39, 0.29) is 5.91 Å². The normalized spacial score (nSPS) is 10.5. The van der Waals surface area contributed by atoms with E-state index in [2.05, 4.69) is 5.32 Å². The molecule has 0 saturated carbocycles. The fourth-order valence-electron chi connectivity index (χ4n) is 1.47. The van der Waals surface area contributed by atoms with Crippen LogP contribution in [0.5, 0.6) is 0 Å². The van der Waals surface area contributed by atoms with Crippen LogP contribution in [0.4, 0.5) is 5.69 Å². The molecule has 0 aliphatic carbocycles. The van der Waals surface area contributed by atoms with Crippen LogP contribution in [0, 0.1) is 0 Å². The molecule has 0 fully saturated rings. The molecule has 3 N–H and O–H groups in total. The third-order valence-electron chi connectivity index (χ3n) is 2.18. The number of rotatable bonds is 2. The Kier molecular flexibility index (Phi) is 2.60. The summed E-state index contributed by atoms with van der Waals surface area (Å²) in [5.41, 5.74) is 6.50. The molecular weight excluding hydrogens is 208 g/mol. The van der Waals surface area contributed by atoms with Gasteiger partial charge in [-0.1, -0.05) is 18.2 Å². The maximum absolute atomic E-state index is 11.7. The number of carbonyl (C=O) groups excluding carboxylic acids is 1. The number of nitrogens with two attached hydrogens (primary N) is 1. The molecule has 0 radical (unpaired) electrons. The highest BCUT2D eigenvalue weighted by Gasteiger charge is 2.14. The van der Waals surface area contributed by atoms with Crippen molar-refractivity contribution in [3.05, 3.63) is 29.1 Å². The predicted molar refractivity (Wildman–Crippen MR) is 64.2 cm³/mol. The van der Waals surface area contributed by atoms with Gasteiger partial charge in [0.15, 0.2) is 0 Å². The van der Waals surface area contributed by atoms with Gasteiger partial charge in [0.2, 0.25) is 0 Å². The third kappa shape index (κ3) is 1.68. The summed E-state index contributed by atoms with van der Waals surface area (Å²) < 4.78 is 1.05. The standard InChI is InChI=1S/C11H12N2OS/c1-2-13-11(14)10-9(12)7-5-3-4-6-8(7)15-10/h3-6H,2,12H2,1H3,(H,13,14). The van der Waals surface area contributed by atoms with Crippen LogP contribution in [0.15, 0.2) is 24.3 Å². The van der Waals surface area contributed by atoms with E-state index in [1.54, 1.807) is 0 Å². The molecule has 0 spiro atoms. The van der Waals surface area contributed by atoms with Gasteiger partial charge in [-0.2, -0.15) is 0 Å². The molecule has 1 aromatic carbocycles. The van der Waals surface area contributed by atoms with E-state index in [0.29, 0.717) is 17.1 Å². The second-order valence-electron chi connectivity index (χ2n) is 3.20. The van der Waals surface area contributed by atoms with Gasteiger partial charge in [0.05, 0.1) is 5.69 Å². The second kappa shape index (κ2) is 3.90. The van der Waals surface area contributed by atoms with Gasteiger partial charge in [-0.25, -0.2) is 0 Å². The van der Waals surface area contributed by atoms with E-state index in [4.69, 9.17) is 5.73 Å². The summed E-state index contributed by atoms with van der Waals surface area (Å²) >= 11 is 1.43. The first-order valence-electron chi connectivity index (χ1n) is 4.79. The van der Waals surface area contributed by atoms with Crippen molar-refractivity contribution in [1.29, 1.82) is 0 Å². The zero-order valence-electron chi connectivity index (χ0n) is 8.41. The Bertz CT molecular complexity index is 504. The highest BCUT2D eigenvalue weighted by atomic mass is 32.1. The molecule has 0 aliphatic rings. The highest BCUT2D eigenvalue weighted by Crippen LogP contribution is 2.33. The van der Waals surface area contributed by atoms with E-state index in [9.17, 15) is 4.79 Å². The van der Waals surface area contributed by atoms with Crippen LogP contribution in [0.3, 0.4) is 0 Å². The van der Waals surface area contributed by atoms with Crippen LogP contribution in [0.1, 0.15) is 16.6 Å². The molecule has 2 rings (SSSR count). The first-order chi connectivity index (χ1) is 7.24. The Morgan fingerprint density at radius 3 is 2.87 bits per heavy atom. The lowest BCUT2D eigenvalue weighted by molar-refractivity contribution is 0.0960. The van der Waals surface area contributed by atoms with E-state index in [1.165, 1.54) is 11.3 Å². The molecule has 1 amide bonds. The van der Waals surface area contributed by atoms with Crippen molar-refractivity contribution in [3.63, 3.8) is 0 Å². The van der Waals surface area contributed by atoms with Crippen molar-refractivity contribution in [1.82, 2.24) is 5.32 Å². The van der Waals surface area contributed by atoms with Crippen molar-refractivity contribution in [2.75, 3.05) is 12.3 Å². The topological polar surface area (TPSA) is 55.1 Å². The molecule has 1 heterocycles. The number of hydrogen-bond donors (Lipinski definition) is 2. The number of nitrogens with one attached hydrogen (secondary N) is 1. The van der Waals surface area contributed by atoms with E-state index >= 15 is 0 Å². The van der Waals surface area contributed by atoms with Gasteiger partial charge in [-0.3, -0.25) is 4.79 Å². The number of benzene rings is 1.